The maximum atomic E-state index is 13.0. The predicted molar refractivity (Wildman–Crippen MR) is 94.8 cm³/mol. The van der Waals surface area contributed by atoms with Crippen molar-refractivity contribution in [3.05, 3.63) is 46.5 Å². The monoisotopic (exact) mass is 342 g/mol. The zero-order valence-electron chi connectivity index (χ0n) is 13.5. The van der Waals surface area contributed by atoms with E-state index in [2.05, 4.69) is 9.28 Å². The van der Waals surface area contributed by atoms with Gasteiger partial charge in [0.1, 0.15) is 23.5 Å². The van der Waals surface area contributed by atoms with E-state index in [0.29, 0.717) is 37.4 Å². The van der Waals surface area contributed by atoms with Gasteiger partial charge in [-0.05, 0) is 36.8 Å². The number of allylic oxidation sites excluding steroid dienone is 2. The van der Waals surface area contributed by atoms with E-state index in [1.807, 2.05) is 30.9 Å². The molecule has 0 saturated carbocycles. The molecule has 0 amide bonds. The smallest absolute Gasteiger partial charge is 0.212 e. The molecule has 1 fully saturated rings. The molecule has 4 rings (SSSR count). The highest BCUT2D eigenvalue weighted by Gasteiger charge is 2.54. The second-order valence-corrected chi connectivity index (χ2v) is 6.66. The first-order valence-corrected chi connectivity index (χ1v) is 8.19. The molecule has 5 nitrogen and oxygen atoms in total. The summed E-state index contributed by atoms with van der Waals surface area (Å²) in [6.45, 7) is 4.46. The van der Waals surface area contributed by atoms with Crippen LogP contribution in [0.25, 0.3) is 0 Å². The van der Waals surface area contributed by atoms with Crippen LogP contribution >= 0.6 is 11.9 Å². The van der Waals surface area contributed by atoms with E-state index >= 15 is 0 Å². The molecule has 0 spiro atoms. The lowest BCUT2D eigenvalue weighted by atomic mass is 9.69. The normalized spacial score (nSPS) is 25.6. The summed E-state index contributed by atoms with van der Waals surface area (Å²) in [6.07, 6.45) is 0.335. The SMILES string of the molecule is CC1=C(C)C2=C(B1)N=C1N(c3ccc(OCl)cc3)CC[C@@]1(O)C2=O. The van der Waals surface area contributed by atoms with Gasteiger partial charge in [0, 0.05) is 29.8 Å². The Hall–Kier alpha value is -2.05. The largest absolute Gasteiger partial charge is 0.386 e. The van der Waals surface area contributed by atoms with Crippen LogP contribution in [-0.4, -0.2) is 36.2 Å². The molecule has 24 heavy (non-hydrogen) atoms. The van der Waals surface area contributed by atoms with E-state index in [9.17, 15) is 9.90 Å². The number of anilines is 1. The molecule has 1 aromatic rings. The number of aliphatic imine (C=N–C) groups is 1. The summed E-state index contributed by atoms with van der Waals surface area (Å²) < 4.78 is 4.66. The van der Waals surface area contributed by atoms with Gasteiger partial charge in [-0.2, -0.15) is 0 Å². The molecule has 3 heterocycles. The Balaban J connectivity index is 1.77. The molecule has 1 N–H and O–H groups in total. The second kappa shape index (κ2) is 5.23. The minimum absolute atomic E-state index is 0.222. The standard InChI is InChI=1S/C17H16BClN2O3/c1-9-10(2)18-15-13(9)14(22)17(23)7-8-21(16(17)20-15)11-3-5-12(24-19)6-4-11/h3-6,18,23H,7-8H2,1-2H3/t17-/m1/s1. The van der Waals surface area contributed by atoms with Crippen molar-refractivity contribution in [2.45, 2.75) is 25.9 Å². The van der Waals surface area contributed by atoms with Gasteiger partial charge >= 0.3 is 0 Å². The molecule has 0 aromatic heterocycles. The minimum Gasteiger partial charge on any atom is -0.386 e. The van der Waals surface area contributed by atoms with Crippen LogP contribution in [0, 0.1) is 0 Å². The predicted octanol–water partition coefficient (Wildman–Crippen LogP) is 2.10. The molecule has 1 atom stereocenters. The van der Waals surface area contributed by atoms with E-state index in [0.717, 1.165) is 22.3 Å². The summed E-state index contributed by atoms with van der Waals surface area (Å²) >= 11 is 5.35. The molecule has 3 aliphatic rings. The molecular weight excluding hydrogens is 326 g/mol. The molecule has 122 valence electrons. The fourth-order valence-corrected chi connectivity index (χ4v) is 3.75. The topological polar surface area (TPSA) is 62.1 Å². The van der Waals surface area contributed by atoms with Crippen molar-refractivity contribution < 1.29 is 14.2 Å². The summed E-state index contributed by atoms with van der Waals surface area (Å²) in [5.74, 6) is 0.737. The molecular formula is C17H16BClN2O3. The van der Waals surface area contributed by atoms with E-state index in [1.54, 1.807) is 12.1 Å². The third kappa shape index (κ3) is 1.99. The van der Waals surface area contributed by atoms with Gasteiger partial charge in [0.15, 0.2) is 5.60 Å². The number of nitrogens with zero attached hydrogens (tertiary/aromatic N) is 2. The van der Waals surface area contributed by atoms with Crippen LogP contribution in [0.3, 0.4) is 0 Å². The summed E-state index contributed by atoms with van der Waals surface area (Å²) in [5.41, 5.74) is 2.77. The Morgan fingerprint density at radius 3 is 2.71 bits per heavy atom. The summed E-state index contributed by atoms with van der Waals surface area (Å²) in [6, 6.07) is 7.15. The maximum Gasteiger partial charge on any atom is 0.212 e. The first-order chi connectivity index (χ1) is 11.5. The maximum absolute atomic E-state index is 13.0. The van der Waals surface area contributed by atoms with E-state index in [4.69, 9.17) is 11.9 Å². The summed E-state index contributed by atoms with van der Waals surface area (Å²) in [4.78, 5) is 19.5. The first-order valence-electron chi connectivity index (χ1n) is 7.88. The Bertz CT molecular complexity index is 844. The van der Waals surface area contributed by atoms with Gasteiger partial charge in [-0.3, -0.25) is 4.79 Å². The van der Waals surface area contributed by atoms with Crippen molar-refractivity contribution in [2.75, 3.05) is 11.4 Å². The highest BCUT2D eigenvalue weighted by Crippen LogP contribution is 2.41. The van der Waals surface area contributed by atoms with Crippen LogP contribution in [-0.2, 0) is 4.79 Å². The molecule has 7 heteroatoms. The van der Waals surface area contributed by atoms with Crippen LogP contribution < -0.4 is 9.19 Å². The van der Waals surface area contributed by atoms with Crippen molar-refractivity contribution in [1.29, 1.82) is 0 Å². The second-order valence-electron chi connectivity index (χ2n) is 6.50. The number of hydrogen-bond donors (Lipinski definition) is 1. The lowest BCUT2D eigenvalue weighted by Gasteiger charge is -2.30. The van der Waals surface area contributed by atoms with E-state index < -0.39 is 5.60 Å². The van der Waals surface area contributed by atoms with Gasteiger partial charge in [0.2, 0.25) is 13.1 Å². The minimum atomic E-state index is -1.54. The van der Waals surface area contributed by atoms with Crippen molar-refractivity contribution in [2.24, 2.45) is 4.99 Å². The van der Waals surface area contributed by atoms with Crippen LogP contribution in [0.2, 0.25) is 0 Å². The molecule has 0 radical (unpaired) electrons. The molecule has 1 aromatic carbocycles. The van der Waals surface area contributed by atoms with Crippen LogP contribution in [0.1, 0.15) is 20.3 Å². The number of rotatable bonds is 2. The van der Waals surface area contributed by atoms with Crippen molar-refractivity contribution in [3.8, 4) is 5.75 Å². The van der Waals surface area contributed by atoms with E-state index in [-0.39, 0.29) is 5.78 Å². The lowest BCUT2D eigenvalue weighted by Crippen LogP contribution is -2.50. The Kier molecular flexibility index (Phi) is 3.37. The molecule has 0 aliphatic carbocycles. The summed E-state index contributed by atoms with van der Waals surface area (Å²) in [7, 11) is 0.666. The first kappa shape index (κ1) is 15.5. The molecule has 3 aliphatic heterocycles. The average molecular weight is 343 g/mol. The number of Topliss-reactive ketones (excluding diaryl/α,β-unsaturated/α-hetero) is 1. The van der Waals surface area contributed by atoms with Gasteiger partial charge in [-0.25, -0.2) is 4.99 Å². The van der Waals surface area contributed by atoms with Crippen LogP contribution in [0.5, 0.6) is 5.75 Å². The number of benzene rings is 1. The van der Waals surface area contributed by atoms with Gasteiger partial charge in [-0.15, -0.1) is 0 Å². The highest BCUT2D eigenvalue weighted by molar-refractivity contribution is 6.58. The fraction of sp³-hybridized carbons (Fsp3) is 0.294. The number of halogens is 1. The zero-order valence-corrected chi connectivity index (χ0v) is 14.2. The van der Waals surface area contributed by atoms with Gasteiger partial charge in [0.05, 0.1) is 0 Å². The Morgan fingerprint density at radius 1 is 1.33 bits per heavy atom. The van der Waals surface area contributed by atoms with Crippen LogP contribution in [0.4, 0.5) is 5.69 Å². The third-order valence-corrected chi connectivity index (χ3v) is 5.32. The zero-order chi connectivity index (χ0) is 17.1. The highest BCUT2D eigenvalue weighted by atomic mass is 35.5. The Morgan fingerprint density at radius 2 is 2.04 bits per heavy atom. The van der Waals surface area contributed by atoms with Gasteiger partial charge < -0.3 is 14.3 Å². The molecule has 0 unspecified atom stereocenters. The quantitative estimate of drug-likeness (QED) is 0.836. The van der Waals surface area contributed by atoms with Gasteiger partial charge in [0.25, 0.3) is 0 Å². The average Bonchev–Trinajstić information content (AvgIpc) is 3.07. The number of amidine groups is 1. The Labute approximate surface area is 145 Å². The number of fused-ring (bicyclic) bond motifs is 1. The summed E-state index contributed by atoms with van der Waals surface area (Å²) in [5, 5.41) is 11.0. The van der Waals surface area contributed by atoms with E-state index in [1.165, 1.54) is 0 Å². The number of carbonyl (C=O) groups is 1. The number of carbonyl (C=O) groups excluding carboxylic acids is 1. The number of hydrogen-bond acceptors (Lipinski definition) is 5. The number of aliphatic hydroxyl groups is 1. The fourth-order valence-electron chi connectivity index (χ4n) is 3.64. The molecule has 1 saturated heterocycles. The van der Waals surface area contributed by atoms with Crippen LogP contribution in [0.15, 0.2) is 51.5 Å². The van der Waals surface area contributed by atoms with Crippen molar-refractivity contribution >= 4 is 36.5 Å². The third-order valence-electron chi connectivity index (χ3n) is 5.14. The van der Waals surface area contributed by atoms with Crippen molar-refractivity contribution in [1.82, 2.24) is 0 Å². The van der Waals surface area contributed by atoms with Gasteiger partial charge in [-0.1, -0.05) is 12.4 Å². The molecule has 0 bridgehead atoms. The van der Waals surface area contributed by atoms with Crippen molar-refractivity contribution in [3.63, 3.8) is 0 Å². The number of ketones is 1. The lowest BCUT2D eigenvalue weighted by molar-refractivity contribution is -0.127.